The molecule has 1 aliphatic heterocycles. The zero-order valence-electron chi connectivity index (χ0n) is 16.1. The minimum atomic E-state index is -0.771. The maximum Gasteiger partial charge on any atom is 0.338 e. The first kappa shape index (κ1) is 20.9. The minimum Gasteiger partial charge on any atom is -0.503 e. The number of nitrogens with zero attached hydrogens (tertiary/aromatic N) is 1. The van der Waals surface area contributed by atoms with Gasteiger partial charge in [0.25, 0.3) is 0 Å². The summed E-state index contributed by atoms with van der Waals surface area (Å²) < 4.78 is 10.5. The second-order valence-corrected chi connectivity index (χ2v) is 7.22. The van der Waals surface area contributed by atoms with Crippen LogP contribution < -0.4 is 10.1 Å². The van der Waals surface area contributed by atoms with E-state index < -0.39 is 12.0 Å². The lowest BCUT2D eigenvalue weighted by Gasteiger charge is -2.33. The Hall–Kier alpha value is -2.41. The Morgan fingerprint density at radius 3 is 2.67 bits per heavy atom. The first-order valence-electron chi connectivity index (χ1n) is 8.65. The largest absolute Gasteiger partial charge is 0.503 e. The normalized spacial score (nSPS) is 17.2. The molecule has 0 radical (unpaired) electrons. The summed E-state index contributed by atoms with van der Waals surface area (Å²) in [5, 5.41) is 12.8. The van der Waals surface area contributed by atoms with Gasteiger partial charge in [0.15, 0.2) is 11.5 Å². The molecule has 1 aromatic rings. The maximum absolute atomic E-state index is 12.8. The van der Waals surface area contributed by atoms with E-state index in [1.807, 2.05) is 13.8 Å². The van der Waals surface area contributed by atoms with E-state index in [-0.39, 0.29) is 29.2 Å². The van der Waals surface area contributed by atoms with Crippen LogP contribution in [-0.4, -0.2) is 42.8 Å². The molecule has 0 bridgehead atoms. The highest BCUT2D eigenvalue weighted by Gasteiger charge is 2.35. The van der Waals surface area contributed by atoms with Gasteiger partial charge in [-0.25, -0.2) is 9.59 Å². The van der Waals surface area contributed by atoms with E-state index in [0.717, 1.165) is 6.42 Å². The zero-order chi connectivity index (χ0) is 20.3. The molecule has 0 spiro atoms. The van der Waals surface area contributed by atoms with Crippen molar-refractivity contribution in [1.82, 2.24) is 10.2 Å². The number of benzene rings is 1. The number of aromatic hydroxyl groups is 1. The number of carbonyl (C=O) groups is 2. The Morgan fingerprint density at radius 2 is 2.07 bits per heavy atom. The third kappa shape index (κ3) is 4.47. The molecule has 7 nitrogen and oxygen atoms in total. The van der Waals surface area contributed by atoms with Crippen LogP contribution in [0.3, 0.4) is 0 Å². The first-order chi connectivity index (χ1) is 12.7. The van der Waals surface area contributed by atoms with Gasteiger partial charge < -0.3 is 24.8 Å². The Balaban J connectivity index is 2.45. The summed E-state index contributed by atoms with van der Waals surface area (Å²) in [4.78, 5) is 26.4. The van der Waals surface area contributed by atoms with E-state index in [2.05, 4.69) is 5.32 Å². The summed E-state index contributed by atoms with van der Waals surface area (Å²) in [6.07, 6.45) is 0.740. The molecule has 1 atom stereocenters. The van der Waals surface area contributed by atoms with Crippen LogP contribution in [0.15, 0.2) is 23.4 Å². The molecule has 1 aliphatic rings. The number of methoxy groups -OCH3 is 1. The number of hydrogen-bond donors (Lipinski definition) is 2. The summed E-state index contributed by atoms with van der Waals surface area (Å²) in [6, 6.07) is 1.89. The molecule has 2 rings (SSSR count). The topological polar surface area (TPSA) is 88.1 Å². The van der Waals surface area contributed by atoms with E-state index in [1.54, 1.807) is 14.0 Å². The number of nitrogens with one attached hydrogen (secondary N) is 1. The third-order valence-electron chi connectivity index (χ3n) is 4.51. The van der Waals surface area contributed by atoms with Crippen molar-refractivity contribution in [1.29, 1.82) is 0 Å². The van der Waals surface area contributed by atoms with Crippen molar-refractivity contribution < 1.29 is 24.2 Å². The SMILES string of the molecule is COc1cc([C@H]2NC(=O)N(C)C(C)=C2C(=O)OCCC(C)C)cc(Cl)c1O. The average Bonchev–Trinajstić information content (AvgIpc) is 2.61. The number of ether oxygens (including phenoxy) is 2. The standard InChI is InChI=1S/C19H25ClN2O5/c1-10(2)6-7-27-18(24)15-11(3)22(4)19(25)21-16(15)12-8-13(20)17(23)14(9-12)26-5/h8-10,16,23H,6-7H2,1-5H3,(H,21,25)/t16-/m1/s1. The van der Waals surface area contributed by atoms with Crippen molar-refractivity contribution >= 4 is 23.6 Å². The predicted octanol–water partition coefficient (Wildman–Crippen LogP) is 3.61. The van der Waals surface area contributed by atoms with Gasteiger partial charge >= 0.3 is 12.0 Å². The highest BCUT2D eigenvalue weighted by atomic mass is 35.5. The van der Waals surface area contributed by atoms with Crippen molar-refractivity contribution in [2.75, 3.05) is 20.8 Å². The van der Waals surface area contributed by atoms with Crippen LogP contribution in [0.4, 0.5) is 4.79 Å². The van der Waals surface area contributed by atoms with E-state index in [9.17, 15) is 14.7 Å². The molecule has 0 aromatic heterocycles. The fourth-order valence-corrected chi connectivity index (χ4v) is 2.95. The van der Waals surface area contributed by atoms with Gasteiger partial charge in [-0.05, 0) is 37.0 Å². The van der Waals surface area contributed by atoms with Gasteiger partial charge in [0.2, 0.25) is 0 Å². The van der Waals surface area contributed by atoms with Gasteiger partial charge in [-0.15, -0.1) is 0 Å². The maximum atomic E-state index is 12.8. The molecule has 8 heteroatoms. The molecule has 148 valence electrons. The number of hydrogen-bond acceptors (Lipinski definition) is 5. The smallest absolute Gasteiger partial charge is 0.338 e. The lowest BCUT2D eigenvalue weighted by atomic mass is 9.94. The van der Waals surface area contributed by atoms with Gasteiger partial charge in [0, 0.05) is 12.7 Å². The van der Waals surface area contributed by atoms with Crippen molar-refractivity contribution in [2.24, 2.45) is 5.92 Å². The van der Waals surface area contributed by atoms with Gasteiger partial charge in [-0.3, -0.25) is 0 Å². The summed E-state index contributed by atoms with van der Waals surface area (Å²) in [5.41, 5.74) is 1.30. The molecule has 0 aliphatic carbocycles. The van der Waals surface area contributed by atoms with Crippen molar-refractivity contribution in [3.63, 3.8) is 0 Å². The van der Waals surface area contributed by atoms with E-state index in [1.165, 1.54) is 24.1 Å². The Labute approximate surface area is 163 Å². The lowest BCUT2D eigenvalue weighted by Crippen LogP contribution is -2.46. The minimum absolute atomic E-state index is 0.0581. The van der Waals surface area contributed by atoms with E-state index >= 15 is 0 Å². The molecule has 2 amide bonds. The van der Waals surface area contributed by atoms with Gasteiger partial charge in [-0.2, -0.15) is 0 Å². The second kappa shape index (κ2) is 8.52. The van der Waals surface area contributed by atoms with Crippen LogP contribution in [0.2, 0.25) is 5.02 Å². The summed E-state index contributed by atoms with van der Waals surface area (Å²) in [6.45, 7) is 6.06. The molecule has 27 heavy (non-hydrogen) atoms. The Morgan fingerprint density at radius 1 is 1.41 bits per heavy atom. The number of esters is 1. The van der Waals surface area contributed by atoms with Crippen molar-refractivity contribution in [3.8, 4) is 11.5 Å². The number of allylic oxidation sites excluding steroid dienone is 1. The van der Waals surface area contributed by atoms with E-state index in [0.29, 0.717) is 22.8 Å². The van der Waals surface area contributed by atoms with Gasteiger partial charge in [-0.1, -0.05) is 25.4 Å². The molecule has 1 aromatic carbocycles. The second-order valence-electron chi connectivity index (χ2n) is 6.81. The lowest BCUT2D eigenvalue weighted by molar-refractivity contribution is -0.140. The number of amides is 2. The number of urea groups is 1. The fraction of sp³-hybridized carbons (Fsp3) is 0.474. The number of phenolic OH excluding ortho intramolecular Hbond substituents is 1. The van der Waals surface area contributed by atoms with Crippen molar-refractivity contribution in [3.05, 3.63) is 34.0 Å². The summed E-state index contributed by atoms with van der Waals surface area (Å²) >= 11 is 6.08. The molecule has 0 saturated heterocycles. The van der Waals surface area contributed by atoms with Crippen LogP contribution in [0.5, 0.6) is 11.5 Å². The summed E-state index contributed by atoms with van der Waals surface area (Å²) in [5.74, 6) is -0.162. The zero-order valence-corrected chi connectivity index (χ0v) is 16.9. The van der Waals surface area contributed by atoms with Crippen LogP contribution in [-0.2, 0) is 9.53 Å². The number of halogens is 1. The van der Waals surface area contributed by atoms with Crippen LogP contribution in [0.1, 0.15) is 38.8 Å². The van der Waals surface area contributed by atoms with Crippen molar-refractivity contribution in [2.45, 2.75) is 33.2 Å². The molecule has 2 N–H and O–H groups in total. The predicted molar refractivity (Wildman–Crippen MR) is 102 cm³/mol. The highest BCUT2D eigenvalue weighted by molar-refractivity contribution is 6.32. The Kier molecular flexibility index (Phi) is 6.59. The molecule has 0 fully saturated rings. The monoisotopic (exact) mass is 396 g/mol. The van der Waals surface area contributed by atoms with E-state index in [4.69, 9.17) is 21.1 Å². The fourth-order valence-electron chi connectivity index (χ4n) is 2.73. The van der Waals surface area contributed by atoms with Crippen LogP contribution in [0, 0.1) is 5.92 Å². The molecular weight excluding hydrogens is 372 g/mol. The summed E-state index contributed by atoms with van der Waals surface area (Å²) in [7, 11) is 2.97. The number of carbonyl (C=O) groups excluding carboxylic acids is 2. The first-order valence-corrected chi connectivity index (χ1v) is 9.03. The molecule has 1 heterocycles. The number of rotatable bonds is 6. The average molecular weight is 397 g/mol. The highest BCUT2D eigenvalue weighted by Crippen LogP contribution is 2.39. The molecule has 0 unspecified atom stereocenters. The van der Waals surface area contributed by atoms with Crippen LogP contribution in [0.25, 0.3) is 0 Å². The van der Waals surface area contributed by atoms with Gasteiger partial charge in [0.1, 0.15) is 0 Å². The third-order valence-corrected chi connectivity index (χ3v) is 4.79. The quantitative estimate of drug-likeness (QED) is 0.717. The number of phenols is 1. The molecule has 0 saturated carbocycles. The van der Waals surface area contributed by atoms with Crippen LogP contribution >= 0.6 is 11.6 Å². The molecular formula is C19H25ClN2O5. The van der Waals surface area contributed by atoms with Gasteiger partial charge in [0.05, 0.1) is 30.4 Å². The Bertz CT molecular complexity index is 776.